The van der Waals surface area contributed by atoms with E-state index < -0.39 is 18.5 Å². The summed E-state index contributed by atoms with van der Waals surface area (Å²) >= 11 is 0. The number of hydrogen-bond donors (Lipinski definition) is 2. The Bertz CT molecular complexity index is 877. The first kappa shape index (κ1) is 21.5. The summed E-state index contributed by atoms with van der Waals surface area (Å²) in [5.41, 5.74) is 3.52. The highest BCUT2D eigenvalue weighted by atomic mass is 16.5. The number of nitrogens with one attached hydrogen (secondary N) is 1. The molecule has 0 aromatic heterocycles. The van der Waals surface area contributed by atoms with Gasteiger partial charge in [-0.1, -0.05) is 12.7 Å². The minimum Gasteiger partial charge on any atom is -0.490 e. The number of carbonyl (C=O) groups excluding carboxylic acids is 1. The fourth-order valence-electron chi connectivity index (χ4n) is 2.21. The van der Waals surface area contributed by atoms with Crippen molar-refractivity contribution < 1.29 is 28.9 Å². The monoisotopic (exact) mass is 398 g/mol. The Morgan fingerprint density at radius 1 is 1.10 bits per heavy atom. The number of aliphatic carboxylic acids is 1. The second-order valence-electron chi connectivity index (χ2n) is 5.64. The van der Waals surface area contributed by atoms with Crippen molar-refractivity contribution in [3.05, 3.63) is 66.2 Å². The van der Waals surface area contributed by atoms with Gasteiger partial charge in [0, 0.05) is 5.56 Å². The Morgan fingerprint density at radius 2 is 1.86 bits per heavy atom. The van der Waals surface area contributed by atoms with Gasteiger partial charge in [0.15, 0.2) is 18.1 Å². The van der Waals surface area contributed by atoms with Crippen LogP contribution in [0.1, 0.15) is 22.8 Å². The molecule has 152 valence electrons. The van der Waals surface area contributed by atoms with Crippen molar-refractivity contribution in [2.45, 2.75) is 6.92 Å². The van der Waals surface area contributed by atoms with Crippen LogP contribution in [0.3, 0.4) is 0 Å². The number of amides is 1. The summed E-state index contributed by atoms with van der Waals surface area (Å²) in [6, 6.07) is 11.5. The predicted octanol–water partition coefficient (Wildman–Crippen LogP) is 2.88. The van der Waals surface area contributed by atoms with Crippen molar-refractivity contribution in [3.8, 4) is 17.2 Å². The molecule has 0 bridgehead atoms. The van der Waals surface area contributed by atoms with E-state index in [2.05, 4.69) is 17.1 Å². The molecule has 2 aromatic carbocycles. The van der Waals surface area contributed by atoms with Crippen molar-refractivity contribution in [1.29, 1.82) is 0 Å². The molecule has 0 saturated carbocycles. The minimum atomic E-state index is -1.05. The molecule has 0 saturated heterocycles. The number of hydrogen-bond acceptors (Lipinski definition) is 6. The lowest BCUT2D eigenvalue weighted by Crippen LogP contribution is -2.17. The highest BCUT2D eigenvalue weighted by Crippen LogP contribution is 2.28. The van der Waals surface area contributed by atoms with Crippen LogP contribution in [0.4, 0.5) is 0 Å². The van der Waals surface area contributed by atoms with Crippen molar-refractivity contribution in [2.24, 2.45) is 5.10 Å². The highest BCUT2D eigenvalue weighted by Gasteiger charge is 2.11. The third-order valence-electron chi connectivity index (χ3n) is 3.48. The van der Waals surface area contributed by atoms with Gasteiger partial charge in [-0.2, -0.15) is 5.10 Å². The normalized spacial score (nSPS) is 10.4. The van der Waals surface area contributed by atoms with Gasteiger partial charge in [0.2, 0.25) is 0 Å². The molecule has 2 rings (SSSR count). The Labute approximate surface area is 168 Å². The first-order valence-electron chi connectivity index (χ1n) is 8.82. The smallest absolute Gasteiger partial charge is 0.341 e. The van der Waals surface area contributed by atoms with E-state index in [1.165, 1.54) is 6.21 Å². The maximum absolute atomic E-state index is 12.3. The van der Waals surface area contributed by atoms with E-state index in [1.807, 2.05) is 6.92 Å². The number of ether oxygens (including phenoxy) is 3. The number of rotatable bonds is 11. The fourth-order valence-corrected chi connectivity index (χ4v) is 2.21. The molecule has 0 fully saturated rings. The van der Waals surface area contributed by atoms with E-state index in [4.69, 9.17) is 19.3 Å². The molecule has 0 aliphatic heterocycles. The summed E-state index contributed by atoms with van der Waals surface area (Å²) in [7, 11) is 0. The third kappa shape index (κ3) is 7.02. The highest BCUT2D eigenvalue weighted by molar-refractivity contribution is 5.95. The van der Waals surface area contributed by atoms with Gasteiger partial charge in [-0.3, -0.25) is 4.79 Å². The van der Waals surface area contributed by atoms with Crippen LogP contribution in [-0.2, 0) is 4.79 Å². The molecule has 0 radical (unpaired) electrons. The van der Waals surface area contributed by atoms with Gasteiger partial charge in [-0.15, -0.1) is 0 Å². The summed E-state index contributed by atoms with van der Waals surface area (Å²) in [5, 5.41) is 12.5. The lowest BCUT2D eigenvalue weighted by molar-refractivity contribution is -0.139. The van der Waals surface area contributed by atoms with Crippen molar-refractivity contribution in [3.63, 3.8) is 0 Å². The van der Waals surface area contributed by atoms with Crippen LogP contribution in [-0.4, -0.2) is 43.0 Å². The van der Waals surface area contributed by atoms with Gasteiger partial charge in [-0.25, -0.2) is 10.2 Å². The Hall–Kier alpha value is -3.81. The second-order valence-corrected chi connectivity index (χ2v) is 5.64. The number of carboxylic acid groups (broad SMARTS) is 1. The van der Waals surface area contributed by atoms with Gasteiger partial charge < -0.3 is 19.3 Å². The van der Waals surface area contributed by atoms with Gasteiger partial charge in [0.1, 0.15) is 12.4 Å². The van der Waals surface area contributed by atoms with Gasteiger partial charge >= 0.3 is 5.97 Å². The standard InChI is InChI=1S/C21H22N2O6/c1-3-11-28-18-10-7-16(12-19(18)27-4-2)21(26)23-22-13-15-5-8-17(9-6-15)29-14-20(24)25/h3,5-10,12-13H,1,4,11,14H2,2H3,(H,23,26)(H,24,25)/b22-13+. The van der Waals surface area contributed by atoms with Gasteiger partial charge in [-0.05, 0) is 55.0 Å². The number of benzene rings is 2. The summed E-state index contributed by atoms with van der Waals surface area (Å²) < 4.78 is 16.1. The average Bonchev–Trinajstić information content (AvgIpc) is 2.72. The van der Waals surface area contributed by atoms with Crippen LogP contribution in [0.2, 0.25) is 0 Å². The maximum atomic E-state index is 12.3. The lowest BCUT2D eigenvalue weighted by Gasteiger charge is -2.12. The summed E-state index contributed by atoms with van der Waals surface area (Å²) in [6.45, 7) is 5.79. The van der Waals surface area contributed by atoms with E-state index in [0.717, 1.165) is 0 Å². The molecule has 8 heteroatoms. The summed E-state index contributed by atoms with van der Waals surface area (Å²) in [6.07, 6.45) is 3.08. The molecular formula is C21H22N2O6. The second kappa shape index (κ2) is 11.1. The first-order valence-corrected chi connectivity index (χ1v) is 8.82. The topological polar surface area (TPSA) is 106 Å². The molecule has 0 atom stereocenters. The van der Waals surface area contributed by atoms with Gasteiger partial charge in [0.05, 0.1) is 12.8 Å². The number of carboxylic acids is 1. The quantitative estimate of drug-likeness (QED) is 0.342. The SMILES string of the molecule is C=CCOc1ccc(C(=O)N/N=C/c2ccc(OCC(=O)O)cc2)cc1OCC. The minimum absolute atomic E-state index is 0.329. The van der Waals surface area contributed by atoms with E-state index in [1.54, 1.807) is 48.5 Å². The molecule has 2 aromatic rings. The maximum Gasteiger partial charge on any atom is 0.341 e. The molecule has 0 aliphatic carbocycles. The number of carbonyl (C=O) groups is 2. The molecule has 8 nitrogen and oxygen atoms in total. The fraction of sp³-hybridized carbons (Fsp3) is 0.190. The first-order chi connectivity index (χ1) is 14.0. The van der Waals surface area contributed by atoms with Crippen molar-refractivity contribution in [1.82, 2.24) is 5.43 Å². The predicted molar refractivity (Wildman–Crippen MR) is 108 cm³/mol. The summed E-state index contributed by atoms with van der Waals surface area (Å²) in [4.78, 5) is 22.8. The van der Waals surface area contributed by atoms with Crippen molar-refractivity contribution >= 4 is 18.1 Å². The van der Waals surface area contributed by atoms with Crippen LogP contribution in [0.15, 0.2) is 60.2 Å². The average molecular weight is 398 g/mol. The summed E-state index contributed by atoms with van der Waals surface area (Å²) in [5.74, 6) is -0.0410. The number of nitrogens with zero attached hydrogens (tertiary/aromatic N) is 1. The molecule has 0 unspecified atom stereocenters. The van der Waals surface area contributed by atoms with Crippen LogP contribution in [0, 0.1) is 0 Å². The Kier molecular flexibility index (Phi) is 8.25. The Morgan fingerprint density at radius 3 is 2.52 bits per heavy atom. The molecule has 0 spiro atoms. The van der Waals surface area contributed by atoms with Crippen molar-refractivity contribution in [2.75, 3.05) is 19.8 Å². The molecule has 0 heterocycles. The molecule has 29 heavy (non-hydrogen) atoms. The third-order valence-corrected chi connectivity index (χ3v) is 3.48. The molecule has 0 aliphatic rings. The van der Waals surface area contributed by atoms with E-state index >= 15 is 0 Å². The van der Waals surface area contributed by atoms with E-state index in [9.17, 15) is 9.59 Å². The van der Waals surface area contributed by atoms with E-state index in [0.29, 0.717) is 41.6 Å². The zero-order chi connectivity index (χ0) is 21.1. The van der Waals surface area contributed by atoms with Crippen LogP contribution in [0.5, 0.6) is 17.2 Å². The largest absolute Gasteiger partial charge is 0.490 e. The van der Waals surface area contributed by atoms with Crippen LogP contribution < -0.4 is 19.6 Å². The van der Waals surface area contributed by atoms with Crippen LogP contribution >= 0.6 is 0 Å². The molecular weight excluding hydrogens is 376 g/mol. The van der Waals surface area contributed by atoms with Crippen LogP contribution in [0.25, 0.3) is 0 Å². The van der Waals surface area contributed by atoms with Gasteiger partial charge in [0.25, 0.3) is 5.91 Å². The molecule has 2 N–H and O–H groups in total. The van der Waals surface area contributed by atoms with E-state index in [-0.39, 0.29) is 0 Å². The lowest BCUT2D eigenvalue weighted by atomic mass is 10.2. The zero-order valence-electron chi connectivity index (χ0n) is 16.0. The zero-order valence-corrected chi connectivity index (χ0v) is 16.0. The Balaban J connectivity index is 1.98. The molecule has 1 amide bonds. The number of hydrazone groups is 1.